The molecule has 1 aliphatic heterocycles. The Bertz CT molecular complexity index is 229. The Morgan fingerprint density at radius 3 is 3.00 bits per heavy atom. The zero-order valence-corrected chi connectivity index (χ0v) is 8.23. The van der Waals surface area contributed by atoms with Crippen molar-refractivity contribution in [3.05, 3.63) is 0 Å². The van der Waals surface area contributed by atoms with Crippen molar-refractivity contribution in [3.8, 4) is 0 Å². The molecule has 1 rings (SSSR count). The van der Waals surface area contributed by atoms with Crippen LogP contribution in [0.15, 0.2) is 0 Å². The summed E-state index contributed by atoms with van der Waals surface area (Å²) in [6.07, 6.45) is 1.04. The first-order valence-corrected chi connectivity index (χ1v) is 4.80. The van der Waals surface area contributed by atoms with Gasteiger partial charge in [-0.25, -0.2) is 4.79 Å². The molecule has 80 valence electrons. The molecule has 1 fully saturated rings. The Morgan fingerprint density at radius 1 is 1.71 bits per heavy atom. The quantitative estimate of drug-likeness (QED) is 0.739. The molecule has 1 heterocycles. The van der Waals surface area contributed by atoms with Crippen LogP contribution in [0.5, 0.6) is 0 Å². The summed E-state index contributed by atoms with van der Waals surface area (Å²) in [6.45, 7) is 2.84. The van der Waals surface area contributed by atoms with Crippen LogP contribution in [0.1, 0.15) is 26.2 Å². The van der Waals surface area contributed by atoms with Crippen molar-refractivity contribution in [3.63, 3.8) is 0 Å². The number of carboxylic acids is 1. The lowest BCUT2D eigenvalue weighted by Gasteiger charge is -2.33. The first-order valence-electron chi connectivity index (χ1n) is 4.80. The van der Waals surface area contributed by atoms with E-state index in [1.807, 2.05) is 6.92 Å². The second-order valence-electron chi connectivity index (χ2n) is 3.35. The first-order chi connectivity index (χ1) is 6.65. The summed E-state index contributed by atoms with van der Waals surface area (Å²) >= 11 is 0. The van der Waals surface area contributed by atoms with Crippen molar-refractivity contribution in [1.82, 2.24) is 4.90 Å². The molecule has 1 atom stereocenters. The van der Waals surface area contributed by atoms with E-state index < -0.39 is 5.97 Å². The molecular weight excluding hydrogens is 186 g/mol. The number of hydrogen-bond acceptors (Lipinski definition) is 3. The van der Waals surface area contributed by atoms with E-state index in [1.165, 1.54) is 4.90 Å². The van der Waals surface area contributed by atoms with Crippen LogP contribution in [0.25, 0.3) is 0 Å². The molecule has 14 heavy (non-hydrogen) atoms. The van der Waals surface area contributed by atoms with Crippen LogP contribution < -0.4 is 0 Å². The molecule has 0 aliphatic carbocycles. The Hall–Kier alpha value is -1.26. The van der Waals surface area contributed by atoms with Gasteiger partial charge < -0.3 is 14.7 Å². The minimum Gasteiger partial charge on any atom is -0.481 e. The largest absolute Gasteiger partial charge is 0.481 e. The lowest BCUT2D eigenvalue weighted by Crippen LogP contribution is -2.46. The third kappa shape index (κ3) is 2.61. The van der Waals surface area contributed by atoms with Crippen LogP contribution >= 0.6 is 0 Å². The van der Waals surface area contributed by atoms with Crippen molar-refractivity contribution in [2.45, 2.75) is 32.2 Å². The Balaban J connectivity index is 2.59. The Labute approximate surface area is 82.6 Å². The molecule has 1 amide bonds. The minimum atomic E-state index is -0.870. The standard InChI is InChI=1S/C9H15NO4/c1-2-4-10-7(6-8(11)12)3-5-14-9(10)13/h7H,2-6H2,1H3,(H,11,12). The van der Waals surface area contributed by atoms with E-state index >= 15 is 0 Å². The molecule has 1 unspecified atom stereocenters. The predicted molar refractivity (Wildman–Crippen MR) is 49.0 cm³/mol. The summed E-state index contributed by atoms with van der Waals surface area (Å²) in [5.74, 6) is -0.870. The van der Waals surface area contributed by atoms with Crippen LogP contribution in [0, 0.1) is 0 Å². The molecule has 0 spiro atoms. The number of nitrogens with zero attached hydrogens (tertiary/aromatic N) is 1. The summed E-state index contributed by atoms with van der Waals surface area (Å²) in [5.41, 5.74) is 0. The highest BCUT2D eigenvalue weighted by atomic mass is 16.6. The van der Waals surface area contributed by atoms with E-state index in [0.717, 1.165) is 6.42 Å². The van der Waals surface area contributed by atoms with Crippen molar-refractivity contribution in [2.24, 2.45) is 0 Å². The highest BCUT2D eigenvalue weighted by Gasteiger charge is 2.30. The average molecular weight is 201 g/mol. The van der Waals surface area contributed by atoms with Gasteiger partial charge in [-0.2, -0.15) is 0 Å². The maximum Gasteiger partial charge on any atom is 0.410 e. The molecular formula is C9H15NO4. The highest BCUT2D eigenvalue weighted by molar-refractivity contribution is 5.72. The van der Waals surface area contributed by atoms with Crippen LogP contribution in [-0.2, 0) is 9.53 Å². The number of carboxylic acid groups (broad SMARTS) is 1. The maximum absolute atomic E-state index is 11.3. The van der Waals surface area contributed by atoms with Gasteiger partial charge in [0.2, 0.25) is 0 Å². The van der Waals surface area contributed by atoms with Gasteiger partial charge in [0.1, 0.15) is 0 Å². The third-order valence-corrected chi connectivity index (χ3v) is 2.23. The van der Waals surface area contributed by atoms with Crippen LogP contribution in [0.2, 0.25) is 0 Å². The SMILES string of the molecule is CCCN1C(=O)OCCC1CC(=O)O. The number of carbonyl (C=O) groups is 2. The fraction of sp³-hybridized carbons (Fsp3) is 0.778. The number of cyclic esters (lactones) is 1. The topological polar surface area (TPSA) is 66.8 Å². The van der Waals surface area contributed by atoms with Gasteiger partial charge in [0.05, 0.1) is 13.0 Å². The van der Waals surface area contributed by atoms with Gasteiger partial charge in [0.15, 0.2) is 0 Å². The lowest BCUT2D eigenvalue weighted by atomic mass is 10.1. The number of amides is 1. The molecule has 5 heteroatoms. The number of carbonyl (C=O) groups excluding carboxylic acids is 1. The van der Waals surface area contributed by atoms with Crippen molar-refractivity contribution < 1.29 is 19.4 Å². The van der Waals surface area contributed by atoms with E-state index in [2.05, 4.69) is 0 Å². The molecule has 0 aromatic carbocycles. The fourth-order valence-electron chi connectivity index (χ4n) is 1.60. The number of ether oxygens (including phenoxy) is 1. The van der Waals surface area contributed by atoms with E-state index in [0.29, 0.717) is 19.6 Å². The van der Waals surface area contributed by atoms with Crippen LogP contribution in [0.4, 0.5) is 4.79 Å². The van der Waals surface area contributed by atoms with Gasteiger partial charge in [-0.1, -0.05) is 6.92 Å². The van der Waals surface area contributed by atoms with E-state index in [9.17, 15) is 9.59 Å². The maximum atomic E-state index is 11.3. The molecule has 1 saturated heterocycles. The second-order valence-corrected chi connectivity index (χ2v) is 3.35. The Morgan fingerprint density at radius 2 is 2.43 bits per heavy atom. The zero-order valence-electron chi connectivity index (χ0n) is 8.23. The monoisotopic (exact) mass is 201 g/mol. The zero-order chi connectivity index (χ0) is 10.6. The number of hydrogen-bond donors (Lipinski definition) is 1. The summed E-state index contributed by atoms with van der Waals surface area (Å²) in [7, 11) is 0. The van der Waals surface area contributed by atoms with Gasteiger partial charge in [0, 0.05) is 19.0 Å². The van der Waals surface area contributed by atoms with E-state index in [4.69, 9.17) is 9.84 Å². The summed E-state index contributed by atoms with van der Waals surface area (Å²) < 4.78 is 4.85. The summed E-state index contributed by atoms with van der Waals surface area (Å²) in [5, 5.41) is 8.66. The second kappa shape index (κ2) is 4.83. The number of rotatable bonds is 4. The van der Waals surface area contributed by atoms with E-state index in [-0.39, 0.29) is 18.6 Å². The van der Waals surface area contributed by atoms with Gasteiger partial charge in [-0.3, -0.25) is 4.79 Å². The molecule has 0 radical (unpaired) electrons. The molecule has 0 bridgehead atoms. The molecule has 0 aromatic heterocycles. The molecule has 0 aromatic rings. The van der Waals surface area contributed by atoms with Gasteiger partial charge in [-0.05, 0) is 6.42 Å². The highest BCUT2D eigenvalue weighted by Crippen LogP contribution is 2.16. The van der Waals surface area contributed by atoms with Crippen LogP contribution in [-0.4, -0.2) is 41.3 Å². The van der Waals surface area contributed by atoms with Gasteiger partial charge in [-0.15, -0.1) is 0 Å². The number of aliphatic carboxylic acids is 1. The average Bonchev–Trinajstić information content (AvgIpc) is 2.10. The van der Waals surface area contributed by atoms with E-state index in [1.54, 1.807) is 0 Å². The minimum absolute atomic E-state index is 0.00903. The lowest BCUT2D eigenvalue weighted by molar-refractivity contribution is -0.138. The van der Waals surface area contributed by atoms with Gasteiger partial charge in [0.25, 0.3) is 0 Å². The molecule has 5 nitrogen and oxygen atoms in total. The first kappa shape index (κ1) is 10.8. The fourth-order valence-corrected chi connectivity index (χ4v) is 1.60. The van der Waals surface area contributed by atoms with Crippen molar-refractivity contribution >= 4 is 12.1 Å². The summed E-state index contributed by atoms with van der Waals surface area (Å²) in [4.78, 5) is 23.3. The molecule has 1 aliphatic rings. The normalized spacial score (nSPS) is 21.9. The van der Waals surface area contributed by atoms with Crippen molar-refractivity contribution in [1.29, 1.82) is 0 Å². The molecule has 0 saturated carbocycles. The van der Waals surface area contributed by atoms with Gasteiger partial charge >= 0.3 is 12.1 Å². The molecule has 1 N–H and O–H groups in total. The third-order valence-electron chi connectivity index (χ3n) is 2.23. The Kier molecular flexibility index (Phi) is 3.73. The van der Waals surface area contributed by atoms with Crippen molar-refractivity contribution in [2.75, 3.05) is 13.2 Å². The summed E-state index contributed by atoms with van der Waals surface area (Å²) in [6, 6.07) is -0.200. The van der Waals surface area contributed by atoms with Crippen LogP contribution in [0.3, 0.4) is 0 Å². The smallest absolute Gasteiger partial charge is 0.410 e. The predicted octanol–water partition coefficient (Wildman–Crippen LogP) is 1.08.